The van der Waals surface area contributed by atoms with E-state index in [1.54, 1.807) is 12.1 Å². The smallest absolute Gasteiger partial charge is 0.383 e. The molecule has 0 aliphatic carbocycles. The lowest BCUT2D eigenvalue weighted by molar-refractivity contribution is -0.135. The van der Waals surface area contributed by atoms with Crippen molar-refractivity contribution in [3.63, 3.8) is 0 Å². The van der Waals surface area contributed by atoms with Gasteiger partial charge >= 0.3 is 5.97 Å². The molecule has 0 fully saturated rings. The molecule has 1 aliphatic rings. The minimum absolute atomic E-state index is 0.0550. The largest absolute Gasteiger partial charge is 0.508 e. The second-order valence-electron chi connectivity index (χ2n) is 3.53. The molecule has 1 aliphatic heterocycles. The monoisotopic (exact) mass is 234 g/mol. The van der Waals surface area contributed by atoms with Crippen molar-refractivity contribution in [1.29, 1.82) is 0 Å². The summed E-state index contributed by atoms with van der Waals surface area (Å²) in [4.78, 5) is 10.9. The summed E-state index contributed by atoms with van der Waals surface area (Å²) in [6, 6.07) is 6.46. The van der Waals surface area contributed by atoms with Crippen LogP contribution < -0.4 is 0 Å². The van der Waals surface area contributed by atoms with E-state index in [0.29, 0.717) is 6.42 Å². The number of ether oxygens (including phenoxy) is 1. The number of hydrogen-bond donors (Lipinski definition) is 3. The van der Waals surface area contributed by atoms with Crippen LogP contribution in [-0.4, -0.2) is 21.3 Å². The number of cyclic esters (lactones) is 1. The number of aliphatic hydroxyl groups is 2. The van der Waals surface area contributed by atoms with Crippen molar-refractivity contribution < 1.29 is 24.9 Å². The first-order valence-corrected chi connectivity index (χ1v) is 4.91. The van der Waals surface area contributed by atoms with Gasteiger partial charge < -0.3 is 20.1 Å². The van der Waals surface area contributed by atoms with E-state index < -0.39 is 17.5 Å². The lowest BCUT2D eigenvalue weighted by Gasteiger charge is -1.99. The van der Waals surface area contributed by atoms with Crippen molar-refractivity contribution in [3.05, 3.63) is 53.2 Å². The summed E-state index contributed by atoms with van der Waals surface area (Å²) >= 11 is 0. The zero-order chi connectivity index (χ0) is 12.4. The van der Waals surface area contributed by atoms with E-state index in [1.807, 2.05) is 0 Å². The highest BCUT2D eigenvalue weighted by Gasteiger charge is 2.29. The Balaban J connectivity index is 2.13. The summed E-state index contributed by atoms with van der Waals surface area (Å²) in [7, 11) is 0. The van der Waals surface area contributed by atoms with E-state index in [1.165, 1.54) is 18.2 Å². The van der Waals surface area contributed by atoms with Crippen LogP contribution in [0.5, 0.6) is 5.75 Å². The summed E-state index contributed by atoms with van der Waals surface area (Å²) in [6.45, 7) is 0. The van der Waals surface area contributed by atoms with E-state index >= 15 is 0 Å². The number of phenols is 1. The average molecular weight is 234 g/mol. The van der Waals surface area contributed by atoms with E-state index in [9.17, 15) is 9.90 Å². The molecular formula is C12H10O5. The number of carbonyl (C=O) groups excluding carboxylic acids is 1. The van der Waals surface area contributed by atoms with Crippen LogP contribution in [0.15, 0.2) is 47.6 Å². The molecule has 0 radical (unpaired) electrons. The van der Waals surface area contributed by atoms with Crippen LogP contribution in [0.25, 0.3) is 0 Å². The highest BCUT2D eigenvalue weighted by atomic mass is 16.6. The average Bonchev–Trinajstić information content (AvgIpc) is 2.56. The molecule has 0 atom stereocenters. The van der Waals surface area contributed by atoms with Crippen molar-refractivity contribution in [2.24, 2.45) is 0 Å². The predicted octanol–water partition coefficient (Wildman–Crippen LogP) is 1.70. The Kier molecular flexibility index (Phi) is 2.74. The molecule has 1 aromatic carbocycles. The van der Waals surface area contributed by atoms with Gasteiger partial charge in [0.1, 0.15) is 5.75 Å². The molecule has 88 valence electrons. The molecule has 1 heterocycles. The van der Waals surface area contributed by atoms with Gasteiger partial charge in [0, 0.05) is 0 Å². The maximum Gasteiger partial charge on any atom is 0.383 e. The van der Waals surface area contributed by atoms with Crippen LogP contribution in [-0.2, 0) is 16.0 Å². The van der Waals surface area contributed by atoms with Crippen LogP contribution >= 0.6 is 0 Å². The zero-order valence-electron chi connectivity index (χ0n) is 8.75. The second kappa shape index (κ2) is 4.21. The van der Waals surface area contributed by atoms with Gasteiger partial charge in [-0.1, -0.05) is 12.1 Å². The predicted molar refractivity (Wildman–Crippen MR) is 58.3 cm³/mol. The second-order valence-corrected chi connectivity index (χ2v) is 3.53. The Bertz CT molecular complexity index is 510. The molecule has 17 heavy (non-hydrogen) atoms. The number of phenolic OH excluding ortho intramolecular Hbond substituents is 1. The van der Waals surface area contributed by atoms with Crippen LogP contribution in [0.2, 0.25) is 0 Å². The van der Waals surface area contributed by atoms with E-state index in [2.05, 4.69) is 4.74 Å². The zero-order valence-corrected chi connectivity index (χ0v) is 8.75. The molecule has 2 rings (SSSR count). The number of benzene rings is 1. The van der Waals surface area contributed by atoms with E-state index in [0.717, 1.165) is 5.56 Å². The minimum atomic E-state index is -0.959. The molecule has 3 N–H and O–H groups in total. The lowest BCUT2D eigenvalue weighted by atomic mass is 10.1. The summed E-state index contributed by atoms with van der Waals surface area (Å²) in [5.74, 6) is -2.18. The fourth-order valence-electron chi connectivity index (χ4n) is 1.39. The number of aromatic hydroxyl groups is 1. The van der Waals surface area contributed by atoms with Gasteiger partial charge in [-0.15, -0.1) is 0 Å². The van der Waals surface area contributed by atoms with Gasteiger partial charge in [-0.05, 0) is 30.2 Å². The van der Waals surface area contributed by atoms with Gasteiger partial charge in [-0.25, -0.2) is 4.79 Å². The minimum Gasteiger partial charge on any atom is -0.508 e. The van der Waals surface area contributed by atoms with Crippen LogP contribution in [0.3, 0.4) is 0 Å². The Labute approximate surface area is 96.9 Å². The highest BCUT2D eigenvalue weighted by Crippen LogP contribution is 2.22. The molecule has 0 saturated carbocycles. The number of hydrogen-bond acceptors (Lipinski definition) is 5. The maximum absolute atomic E-state index is 10.9. The molecule has 0 aromatic heterocycles. The first-order valence-electron chi connectivity index (χ1n) is 4.91. The van der Waals surface area contributed by atoms with Gasteiger partial charge in [-0.3, -0.25) is 0 Å². The third kappa shape index (κ3) is 2.23. The van der Waals surface area contributed by atoms with Crippen molar-refractivity contribution in [3.8, 4) is 5.75 Å². The van der Waals surface area contributed by atoms with Gasteiger partial charge in [-0.2, -0.15) is 0 Å². The maximum atomic E-state index is 10.9. The summed E-state index contributed by atoms with van der Waals surface area (Å²) in [6.07, 6.45) is 1.88. The molecule has 0 amide bonds. The Morgan fingerprint density at radius 1 is 1.06 bits per heavy atom. The van der Waals surface area contributed by atoms with Crippen LogP contribution in [0.4, 0.5) is 0 Å². The fraction of sp³-hybridized carbons (Fsp3) is 0.0833. The molecular weight excluding hydrogens is 224 g/mol. The SMILES string of the molecule is O=C1O/C(=C/Cc2ccc(O)cc2)C(O)=C1O. The quantitative estimate of drug-likeness (QED) is 0.678. The normalized spacial score (nSPS) is 17.6. The molecule has 5 nitrogen and oxygen atoms in total. The number of rotatable bonds is 2. The fourth-order valence-corrected chi connectivity index (χ4v) is 1.39. The topological polar surface area (TPSA) is 87.0 Å². The summed E-state index contributed by atoms with van der Waals surface area (Å²) < 4.78 is 4.63. The Morgan fingerprint density at radius 3 is 2.24 bits per heavy atom. The number of esters is 1. The molecule has 0 unspecified atom stereocenters. The highest BCUT2D eigenvalue weighted by molar-refractivity contribution is 5.91. The molecule has 0 spiro atoms. The Hall–Kier alpha value is -2.43. The van der Waals surface area contributed by atoms with Gasteiger partial charge in [0.15, 0.2) is 5.76 Å². The van der Waals surface area contributed by atoms with Crippen LogP contribution in [0.1, 0.15) is 5.56 Å². The summed E-state index contributed by atoms with van der Waals surface area (Å²) in [5.41, 5.74) is 0.866. The van der Waals surface area contributed by atoms with Gasteiger partial charge in [0.25, 0.3) is 0 Å². The molecule has 1 aromatic rings. The number of aliphatic hydroxyl groups excluding tert-OH is 2. The number of carbonyl (C=O) groups is 1. The van der Waals surface area contributed by atoms with Crippen molar-refractivity contribution >= 4 is 5.97 Å². The van der Waals surface area contributed by atoms with E-state index in [-0.39, 0.29) is 11.5 Å². The summed E-state index contributed by atoms with van der Waals surface area (Å²) in [5, 5.41) is 27.5. The van der Waals surface area contributed by atoms with Crippen molar-refractivity contribution in [2.75, 3.05) is 0 Å². The van der Waals surface area contributed by atoms with Gasteiger partial charge in [0.05, 0.1) is 0 Å². The standard InChI is InChI=1S/C12H10O5/c13-8-4-1-7(2-5-8)3-6-9-10(14)11(15)12(16)17-9/h1-2,4-6,13-15H,3H2/b9-6+. The molecule has 0 saturated heterocycles. The lowest BCUT2D eigenvalue weighted by Crippen LogP contribution is -1.97. The van der Waals surface area contributed by atoms with Gasteiger partial charge in [0.2, 0.25) is 11.5 Å². The van der Waals surface area contributed by atoms with Crippen molar-refractivity contribution in [1.82, 2.24) is 0 Å². The van der Waals surface area contributed by atoms with Crippen LogP contribution in [0, 0.1) is 0 Å². The number of allylic oxidation sites excluding steroid dienone is 1. The first kappa shape index (κ1) is 11.1. The molecule has 0 bridgehead atoms. The van der Waals surface area contributed by atoms with Crippen molar-refractivity contribution in [2.45, 2.75) is 6.42 Å². The third-order valence-corrected chi connectivity index (χ3v) is 2.31. The first-order chi connectivity index (χ1) is 8.08. The molecule has 5 heteroatoms. The third-order valence-electron chi connectivity index (χ3n) is 2.31. The van der Waals surface area contributed by atoms with E-state index in [4.69, 9.17) is 10.2 Å². The Morgan fingerprint density at radius 2 is 1.71 bits per heavy atom.